The standard InChI is InChI=1S/C18H16BrN3O2/c1-12(17(23)13-6-3-2-4-7-13)21-18(24)14(11-20)10-15-8-5-9-16(19)22-15/h2-10,12,17,23H,1H3,(H,21,24)/b14-10+. The number of carbonyl (C=O) groups excluding carboxylic acids is 1. The molecule has 2 aromatic rings. The van der Waals surface area contributed by atoms with Crippen LogP contribution in [0.3, 0.4) is 0 Å². The summed E-state index contributed by atoms with van der Waals surface area (Å²) in [7, 11) is 0. The Kier molecular flexibility index (Phi) is 6.24. The van der Waals surface area contributed by atoms with E-state index in [4.69, 9.17) is 0 Å². The van der Waals surface area contributed by atoms with Crippen molar-refractivity contribution < 1.29 is 9.90 Å². The SMILES string of the molecule is CC(NC(=O)/C(C#N)=C/c1cccc(Br)n1)C(O)c1ccccc1. The number of halogens is 1. The van der Waals surface area contributed by atoms with Crippen LogP contribution in [0.5, 0.6) is 0 Å². The lowest BCUT2D eigenvalue weighted by molar-refractivity contribution is -0.118. The molecule has 2 unspecified atom stereocenters. The van der Waals surface area contributed by atoms with Crippen LogP contribution in [0.1, 0.15) is 24.3 Å². The Balaban J connectivity index is 2.11. The largest absolute Gasteiger partial charge is 0.386 e. The van der Waals surface area contributed by atoms with Crippen LogP contribution in [0.4, 0.5) is 0 Å². The molecule has 0 bridgehead atoms. The van der Waals surface area contributed by atoms with Crippen LogP contribution in [-0.4, -0.2) is 22.0 Å². The molecular weight excluding hydrogens is 370 g/mol. The first-order valence-electron chi connectivity index (χ1n) is 7.29. The van der Waals surface area contributed by atoms with Crippen LogP contribution in [0, 0.1) is 11.3 Å². The fourth-order valence-corrected chi connectivity index (χ4v) is 2.46. The van der Waals surface area contributed by atoms with Gasteiger partial charge in [0.1, 0.15) is 16.2 Å². The van der Waals surface area contributed by atoms with E-state index in [1.54, 1.807) is 37.3 Å². The van der Waals surface area contributed by atoms with Crippen LogP contribution in [0.15, 0.2) is 58.7 Å². The fourth-order valence-electron chi connectivity index (χ4n) is 2.10. The molecule has 1 aromatic heterocycles. The van der Waals surface area contributed by atoms with Gasteiger partial charge in [-0.1, -0.05) is 36.4 Å². The second-order valence-electron chi connectivity index (χ2n) is 5.17. The number of nitrogens with one attached hydrogen (secondary N) is 1. The average molecular weight is 386 g/mol. The number of pyridine rings is 1. The Bertz CT molecular complexity index is 784. The average Bonchev–Trinajstić information content (AvgIpc) is 2.59. The van der Waals surface area contributed by atoms with E-state index in [1.165, 1.54) is 6.08 Å². The third kappa shape index (κ3) is 4.75. The lowest BCUT2D eigenvalue weighted by Gasteiger charge is -2.20. The van der Waals surface area contributed by atoms with Crippen molar-refractivity contribution in [1.82, 2.24) is 10.3 Å². The first-order valence-corrected chi connectivity index (χ1v) is 8.09. The molecule has 0 saturated carbocycles. The Morgan fingerprint density at radius 2 is 2.00 bits per heavy atom. The highest BCUT2D eigenvalue weighted by atomic mass is 79.9. The molecule has 0 fully saturated rings. The van der Waals surface area contributed by atoms with Crippen molar-refractivity contribution in [3.8, 4) is 6.07 Å². The molecule has 0 saturated heterocycles. The van der Waals surface area contributed by atoms with Gasteiger partial charge in [-0.3, -0.25) is 4.79 Å². The first kappa shape index (κ1) is 17.9. The first-order chi connectivity index (χ1) is 11.5. The zero-order valence-corrected chi connectivity index (χ0v) is 14.6. The molecule has 2 N–H and O–H groups in total. The van der Waals surface area contributed by atoms with Crippen molar-refractivity contribution in [2.75, 3.05) is 0 Å². The van der Waals surface area contributed by atoms with Crippen LogP contribution < -0.4 is 5.32 Å². The quantitative estimate of drug-likeness (QED) is 0.470. The zero-order valence-electron chi connectivity index (χ0n) is 13.0. The lowest BCUT2D eigenvalue weighted by atomic mass is 10.0. The summed E-state index contributed by atoms with van der Waals surface area (Å²) in [6, 6.07) is 15.5. The number of benzene rings is 1. The van der Waals surface area contributed by atoms with Crippen LogP contribution in [-0.2, 0) is 4.79 Å². The number of nitrogens with zero attached hydrogens (tertiary/aromatic N) is 2. The summed E-state index contributed by atoms with van der Waals surface area (Å²) in [5, 5.41) is 22.1. The fraction of sp³-hybridized carbons (Fsp3) is 0.167. The number of aliphatic hydroxyl groups excluding tert-OH is 1. The lowest BCUT2D eigenvalue weighted by Crippen LogP contribution is -2.37. The predicted octanol–water partition coefficient (Wildman–Crippen LogP) is 2.99. The molecule has 1 aromatic carbocycles. The van der Waals surface area contributed by atoms with E-state index in [1.807, 2.05) is 24.3 Å². The second-order valence-corrected chi connectivity index (χ2v) is 5.99. The van der Waals surface area contributed by atoms with Crippen molar-refractivity contribution in [3.05, 3.63) is 70.0 Å². The monoisotopic (exact) mass is 385 g/mol. The number of aliphatic hydroxyl groups is 1. The van der Waals surface area contributed by atoms with Gasteiger partial charge in [-0.25, -0.2) is 4.98 Å². The van der Waals surface area contributed by atoms with Gasteiger partial charge in [0.25, 0.3) is 5.91 Å². The molecule has 24 heavy (non-hydrogen) atoms. The Morgan fingerprint density at radius 3 is 2.62 bits per heavy atom. The molecule has 6 heteroatoms. The maximum absolute atomic E-state index is 12.3. The molecule has 1 amide bonds. The third-order valence-electron chi connectivity index (χ3n) is 3.37. The normalized spacial score (nSPS) is 13.7. The second kappa shape index (κ2) is 8.39. The number of nitriles is 1. The molecule has 5 nitrogen and oxygen atoms in total. The van der Waals surface area contributed by atoms with Gasteiger partial charge in [0.05, 0.1) is 17.8 Å². The summed E-state index contributed by atoms with van der Waals surface area (Å²) in [5.74, 6) is -0.554. The van der Waals surface area contributed by atoms with Crippen molar-refractivity contribution in [3.63, 3.8) is 0 Å². The third-order valence-corrected chi connectivity index (χ3v) is 3.81. The maximum Gasteiger partial charge on any atom is 0.262 e. The van der Waals surface area contributed by atoms with Gasteiger partial charge in [-0.15, -0.1) is 0 Å². The van der Waals surface area contributed by atoms with Crippen molar-refractivity contribution in [2.24, 2.45) is 0 Å². The highest BCUT2D eigenvalue weighted by molar-refractivity contribution is 9.10. The van der Waals surface area contributed by atoms with E-state index in [2.05, 4.69) is 26.2 Å². The molecule has 0 aliphatic carbocycles. The minimum absolute atomic E-state index is 0.0762. The molecule has 0 radical (unpaired) electrons. The van der Waals surface area contributed by atoms with E-state index in [0.29, 0.717) is 15.9 Å². The van der Waals surface area contributed by atoms with Gasteiger partial charge < -0.3 is 10.4 Å². The Hall–Kier alpha value is -2.49. The van der Waals surface area contributed by atoms with Gasteiger partial charge >= 0.3 is 0 Å². The molecule has 2 atom stereocenters. The topological polar surface area (TPSA) is 86.0 Å². The van der Waals surface area contributed by atoms with E-state index in [-0.39, 0.29) is 5.57 Å². The summed E-state index contributed by atoms with van der Waals surface area (Å²) in [6.45, 7) is 1.68. The molecule has 2 rings (SSSR count). The van der Waals surface area contributed by atoms with E-state index in [9.17, 15) is 15.2 Å². The highest BCUT2D eigenvalue weighted by Crippen LogP contribution is 2.17. The number of aromatic nitrogens is 1. The van der Waals surface area contributed by atoms with Gasteiger partial charge in [0, 0.05) is 0 Å². The van der Waals surface area contributed by atoms with Crippen molar-refractivity contribution >= 4 is 27.9 Å². The molecule has 122 valence electrons. The van der Waals surface area contributed by atoms with Crippen molar-refractivity contribution in [2.45, 2.75) is 19.1 Å². The summed E-state index contributed by atoms with van der Waals surface area (Å²) in [4.78, 5) is 16.4. The molecule has 0 spiro atoms. The number of amides is 1. The molecular formula is C18H16BrN3O2. The molecule has 0 aliphatic rings. The van der Waals surface area contributed by atoms with Crippen LogP contribution in [0.2, 0.25) is 0 Å². The van der Waals surface area contributed by atoms with Gasteiger partial charge in [-0.05, 0) is 46.6 Å². The van der Waals surface area contributed by atoms with E-state index >= 15 is 0 Å². The number of carbonyl (C=O) groups is 1. The summed E-state index contributed by atoms with van der Waals surface area (Å²) in [6.07, 6.45) is 0.543. The highest BCUT2D eigenvalue weighted by Gasteiger charge is 2.20. The minimum atomic E-state index is -0.862. The smallest absolute Gasteiger partial charge is 0.262 e. The summed E-state index contributed by atoms with van der Waals surface area (Å²) in [5.41, 5.74) is 1.11. The van der Waals surface area contributed by atoms with E-state index in [0.717, 1.165) is 0 Å². The van der Waals surface area contributed by atoms with Gasteiger partial charge in [0.2, 0.25) is 0 Å². The van der Waals surface area contributed by atoms with Crippen LogP contribution in [0.25, 0.3) is 6.08 Å². The number of hydrogen-bond acceptors (Lipinski definition) is 4. The van der Waals surface area contributed by atoms with E-state index < -0.39 is 18.1 Å². The Labute approximate surface area is 148 Å². The predicted molar refractivity (Wildman–Crippen MR) is 94.5 cm³/mol. The van der Waals surface area contributed by atoms with Crippen molar-refractivity contribution in [1.29, 1.82) is 5.26 Å². The van der Waals surface area contributed by atoms with Gasteiger partial charge in [0.15, 0.2) is 0 Å². The zero-order chi connectivity index (χ0) is 17.5. The molecule has 0 aliphatic heterocycles. The summed E-state index contributed by atoms with van der Waals surface area (Å²) >= 11 is 3.24. The van der Waals surface area contributed by atoms with Gasteiger partial charge in [-0.2, -0.15) is 5.26 Å². The van der Waals surface area contributed by atoms with Crippen LogP contribution >= 0.6 is 15.9 Å². The summed E-state index contributed by atoms with van der Waals surface area (Å²) < 4.78 is 0.613. The minimum Gasteiger partial charge on any atom is -0.386 e. The number of hydrogen-bond donors (Lipinski definition) is 2. The maximum atomic E-state index is 12.3. The Morgan fingerprint density at radius 1 is 1.29 bits per heavy atom. The molecule has 1 heterocycles. The number of rotatable bonds is 5.